The molecule has 1 saturated heterocycles. The van der Waals surface area contributed by atoms with Crippen molar-refractivity contribution in [1.29, 1.82) is 0 Å². The van der Waals surface area contributed by atoms with Crippen LogP contribution in [0.5, 0.6) is 0 Å². The van der Waals surface area contributed by atoms with Crippen LogP contribution >= 0.6 is 0 Å². The number of hydrogen-bond acceptors (Lipinski definition) is 7. The second kappa shape index (κ2) is 8.17. The lowest BCUT2D eigenvalue weighted by Gasteiger charge is -2.40. The number of hydrogen-bond donors (Lipinski definition) is 2. The van der Waals surface area contributed by atoms with Gasteiger partial charge < -0.3 is 20.7 Å². The van der Waals surface area contributed by atoms with Gasteiger partial charge in [-0.05, 0) is 43.5 Å². The van der Waals surface area contributed by atoms with Gasteiger partial charge in [-0.25, -0.2) is 13.4 Å². The molecule has 0 unspecified atom stereocenters. The summed E-state index contributed by atoms with van der Waals surface area (Å²) in [5.74, 6) is 0.897. The van der Waals surface area contributed by atoms with Gasteiger partial charge in [-0.15, -0.1) is 0 Å². The summed E-state index contributed by atoms with van der Waals surface area (Å²) in [6.45, 7) is 5.72. The first-order valence-electron chi connectivity index (χ1n) is 11.2. The first kappa shape index (κ1) is 21.4. The standard InChI is InChI=1S/C24H30N4O3S/c1-17-6-7-20-19(10-17)21(26-14-24(13-25)15-31-16-24)11-23(27-20)28-8-9-32(29,30)22-5-3-2-4-18(22)12-28/h3,5-7,10-11H,2,4,8-9,12-16,25H2,1H3,(H,26,27). The molecule has 8 heteroatoms. The normalized spacial score (nSPS) is 21.8. The van der Waals surface area contributed by atoms with Gasteiger partial charge in [0.15, 0.2) is 9.84 Å². The molecular formula is C24H30N4O3S. The molecule has 1 fully saturated rings. The molecule has 2 aliphatic heterocycles. The number of aryl methyl sites for hydroxylation is 1. The Balaban J connectivity index is 1.52. The third kappa shape index (κ3) is 3.91. The molecule has 2 aromatic rings. The molecule has 32 heavy (non-hydrogen) atoms. The summed E-state index contributed by atoms with van der Waals surface area (Å²) in [5.41, 5.74) is 10.0. The Kier molecular flexibility index (Phi) is 5.47. The number of fused-ring (bicyclic) bond motifs is 1. The Morgan fingerprint density at radius 1 is 1.28 bits per heavy atom. The van der Waals surface area contributed by atoms with Gasteiger partial charge in [-0.3, -0.25) is 0 Å². The van der Waals surface area contributed by atoms with Gasteiger partial charge in [0.25, 0.3) is 0 Å². The average Bonchev–Trinajstić information content (AvgIpc) is 2.89. The molecule has 1 aliphatic carbocycles. The molecule has 5 rings (SSSR count). The topological polar surface area (TPSA) is 97.6 Å². The highest BCUT2D eigenvalue weighted by Gasteiger charge is 2.37. The van der Waals surface area contributed by atoms with Crippen molar-refractivity contribution in [3.63, 3.8) is 0 Å². The number of aromatic nitrogens is 1. The highest BCUT2D eigenvalue weighted by Crippen LogP contribution is 2.34. The van der Waals surface area contributed by atoms with E-state index in [0.29, 0.717) is 37.8 Å². The minimum atomic E-state index is -3.27. The van der Waals surface area contributed by atoms with Crippen molar-refractivity contribution in [2.75, 3.05) is 55.4 Å². The van der Waals surface area contributed by atoms with E-state index >= 15 is 0 Å². The van der Waals surface area contributed by atoms with Gasteiger partial charge >= 0.3 is 0 Å². The van der Waals surface area contributed by atoms with E-state index in [-0.39, 0.29) is 11.2 Å². The Morgan fingerprint density at radius 2 is 2.12 bits per heavy atom. The predicted octanol–water partition coefficient (Wildman–Crippen LogP) is 2.77. The van der Waals surface area contributed by atoms with E-state index in [1.54, 1.807) is 6.08 Å². The van der Waals surface area contributed by atoms with Gasteiger partial charge in [0.05, 0.1) is 29.4 Å². The van der Waals surface area contributed by atoms with E-state index in [4.69, 9.17) is 15.5 Å². The monoisotopic (exact) mass is 454 g/mol. The van der Waals surface area contributed by atoms with E-state index in [0.717, 1.165) is 47.4 Å². The SMILES string of the molecule is Cc1ccc2nc(N3CCS(=O)(=O)C4=C(CCC=C4)C3)cc(NCC3(CN)COC3)c2c1. The van der Waals surface area contributed by atoms with Crippen molar-refractivity contribution < 1.29 is 13.2 Å². The van der Waals surface area contributed by atoms with Gasteiger partial charge in [0, 0.05) is 48.7 Å². The summed E-state index contributed by atoms with van der Waals surface area (Å²) in [5, 5.41) is 4.67. The smallest absolute Gasteiger partial charge is 0.180 e. The third-order valence-corrected chi connectivity index (χ3v) is 8.57. The van der Waals surface area contributed by atoms with Gasteiger partial charge in [0.2, 0.25) is 0 Å². The van der Waals surface area contributed by atoms with E-state index in [1.807, 2.05) is 12.1 Å². The van der Waals surface area contributed by atoms with E-state index < -0.39 is 9.84 Å². The minimum Gasteiger partial charge on any atom is -0.384 e. The zero-order chi connectivity index (χ0) is 22.3. The fraction of sp³-hybridized carbons (Fsp3) is 0.458. The van der Waals surface area contributed by atoms with Crippen LogP contribution in [0.1, 0.15) is 18.4 Å². The molecule has 3 aliphatic rings. The average molecular weight is 455 g/mol. The zero-order valence-corrected chi connectivity index (χ0v) is 19.2. The summed E-state index contributed by atoms with van der Waals surface area (Å²) < 4.78 is 31.1. The van der Waals surface area contributed by atoms with Crippen molar-refractivity contribution in [2.45, 2.75) is 19.8 Å². The molecule has 0 bridgehead atoms. The van der Waals surface area contributed by atoms with Crippen LogP contribution in [0, 0.1) is 12.3 Å². The molecule has 0 spiro atoms. The molecule has 3 heterocycles. The Bertz CT molecular complexity index is 1210. The van der Waals surface area contributed by atoms with Crippen LogP contribution < -0.4 is 16.0 Å². The number of ether oxygens (including phenoxy) is 1. The molecule has 0 radical (unpaired) electrons. The van der Waals surface area contributed by atoms with Crippen LogP contribution in [0.2, 0.25) is 0 Å². The van der Waals surface area contributed by atoms with E-state index in [2.05, 4.69) is 35.3 Å². The number of rotatable bonds is 5. The van der Waals surface area contributed by atoms with Crippen LogP contribution in [0.25, 0.3) is 10.9 Å². The maximum atomic E-state index is 12.8. The number of allylic oxidation sites excluding steroid dienone is 2. The number of nitrogens with zero attached hydrogens (tertiary/aromatic N) is 2. The Labute approximate surface area is 189 Å². The third-order valence-electron chi connectivity index (χ3n) is 6.76. The lowest BCUT2D eigenvalue weighted by atomic mass is 9.86. The summed E-state index contributed by atoms with van der Waals surface area (Å²) in [4.78, 5) is 7.54. The second-order valence-electron chi connectivity index (χ2n) is 9.25. The quantitative estimate of drug-likeness (QED) is 0.717. The van der Waals surface area contributed by atoms with Gasteiger partial charge in [0.1, 0.15) is 5.82 Å². The molecular weight excluding hydrogens is 424 g/mol. The van der Waals surface area contributed by atoms with Crippen molar-refractivity contribution in [1.82, 2.24) is 4.98 Å². The predicted molar refractivity (Wildman–Crippen MR) is 129 cm³/mol. The van der Waals surface area contributed by atoms with Gasteiger partial charge in [-0.1, -0.05) is 17.7 Å². The first-order chi connectivity index (χ1) is 15.4. The maximum Gasteiger partial charge on any atom is 0.180 e. The highest BCUT2D eigenvalue weighted by molar-refractivity contribution is 7.95. The van der Waals surface area contributed by atoms with Crippen molar-refractivity contribution in [3.05, 3.63) is 52.5 Å². The minimum absolute atomic E-state index is 0.0373. The first-order valence-corrected chi connectivity index (χ1v) is 12.8. The lowest BCUT2D eigenvalue weighted by molar-refractivity contribution is -0.0979. The summed E-state index contributed by atoms with van der Waals surface area (Å²) in [6, 6.07) is 8.29. The van der Waals surface area contributed by atoms with E-state index in [1.165, 1.54) is 5.56 Å². The largest absolute Gasteiger partial charge is 0.384 e. The number of sulfone groups is 1. The van der Waals surface area contributed by atoms with Crippen LogP contribution in [0.15, 0.2) is 46.9 Å². The van der Waals surface area contributed by atoms with Crippen LogP contribution in [0.3, 0.4) is 0 Å². The molecule has 7 nitrogen and oxygen atoms in total. The molecule has 0 saturated carbocycles. The highest BCUT2D eigenvalue weighted by atomic mass is 32.2. The molecule has 1 aromatic carbocycles. The van der Waals surface area contributed by atoms with Crippen LogP contribution in [0.4, 0.5) is 11.5 Å². The fourth-order valence-corrected chi connectivity index (χ4v) is 6.20. The van der Waals surface area contributed by atoms with Crippen LogP contribution in [-0.2, 0) is 14.6 Å². The number of benzene rings is 1. The van der Waals surface area contributed by atoms with Crippen molar-refractivity contribution in [3.8, 4) is 0 Å². The van der Waals surface area contributed by atoms with Gasteiger partial charge in [-0.2, -0.15) is 0 Å². The van der Waals surface area contributed by atoms with E-state index in [9.17, 15) is 8.42 Å². The number of anilines is 2. The Morgan fingerprint density at radius 3 is 2.88 bits per heavy atom. The number of nitrogens with one attached hydrogen (secondary N) is 1. The molecule has 0 atom stereocenters. The fourth-order valence-electron chi connectivity index (χ4n) is 4.61. The van der Waals surface area contributed by atoms with Crippen LogP contribution in [-0.4, -0.2) is 58.5 Å². The van der Waals surface area contributed by atoms with Crippen molar-refractivity contribution in [2.24, 2.45) is 11.1 Å². The second-order valence-corrected chi connectivity index (χ2v) is 11.3. The lowest BCUT2D eigenvalue weighted by Crippen LogP contribution is -2.52. The maximum absolute atomic E-state index is 12.8. The summed E-state index contributed by atoms with van der Waals surface area (Å²) in [6.07, 6.45) is 5.40. The molecule has 3 N–H and O–H groups in total. The van der Waals surface area contributed by atoms with Crippen molar-refractivity contribution >= 4 is 32.2 Å². The number of pyridine rings is 1. The zero-order valence-electron chi connectivity index (χ0n) is 18.4. The summed E-state index contributed by atoms with van der Waals surface area (Å²) >= 11 is 0. The molecule has 1 aromatic heterocycles. The molecule has 0 amide bonds. The summed E-state index contributed by atoms with van der Waals surface area (Å²) in [7, 11) is -3.27. The Hall–Kier alpha value is -2.42. The molecule has 170 valence electrons. The number of nitrogens with two attached hydrogens (primary N) is 1.